The van der Waals surface area contributed by atoms with Crippen molar-refractivity contribution in [3.05, 3.63) is 12.7 Å². The summed E-state index contributed by atoms with van der Waals surface area (Å²) < 4.78 is 75.4. The molecule has 0 spiro atoms. The van der Waals surface area contributed by atoms with Crippen LogP contribution in [0.25, 0.3) is 0 Å². The first-order chi connectivity index (χ1) is 8.02. The molecule has 9 heteroatoms. The van der Waals surface area contributed by atoms with Gasteiger partial charge in [0.2, 0.25) is 5.54 Å². The Morgan fingerprint density at radius 3 is 1.89 bits per heavy atom. The molecule has 0 aliphatic carbocycles. The highest BCUT2D eigenvalue weighted by Crippen LogP contribution is 2.45. The number of urea groups is 1. The second-order valence-electron chi connectivity index (χ2n) is 3.38. The van der Waals surface area contributed by atoms with Crippen LogP contribution in [0.2, 0.25) is 0 Å². The second kappa shape index (κ2) is 5.49. The van der Waals surface area contributed by atoms with Gasteiger partial charge in [0.15, 0.2) is 0 Å². The summed E-state index contributed by atoms with van der Waals surface area (Å²) in [5, 5.41) is 2.75. The number of rotatable bonds is 4. The number of amides is 2. The van der Waals surface area contributed by atoms with Gasteiger partial charge in [0.05, 0.1) is 0 Å². The Kier molecular flexibility index (Phi) is 5.06. The van der Waals surface area contributed by atoms with Crippen LogP contribution in [-0.4, -0.2) is 30.5 Å². The number of hydrogen-bond acceptors (Lipinski definition) is 1. The van der Waals surface area contributed by atoms with Crippen LogP contribution in [0.4, 0.5) is 31.1 Å². The van der Waals surface area contributed by atoms with E-state index in [1.807, 2.05) is 0 Å². The molecule has 0 aromatic carbocycles. The van der Waals surface area contributed by atoms with Crippen LogP contribution in [-0.2, 0) is 0 Å². The Morgan fingerprint density at radius 1 is 1.17 bits per heavy atom. The normalized spacial score (nSPS) is 13.1. The average Bonchev–Trinajstić information content (AvgIpc) is 2.19. The first kappa shape index (κ1) is 16.6. The molecular formula is C9H12F6N2O. The van der Waals surface area contributed by atoms with Crippen molar-refractivity contribution in [3.8, 4) is 0 Å². The van der Waals surface area contributed by atoms with Crippen molar-refractivity contribution in [1.82, 2.24) is 10.6 Å². The van der Waals surface area contributed by atoms with Crippen molar-refractivity contribution in [2.45, 2.75) is 31.2 Å². The lowest BCUT2D eigenvalue weighted by atomic mass is 9.94. The van der Waals surface area contributed by atoms with Gasteiger partial charge in [-0.15, -0.1) is 6.58 Å². The molecule has 0 atom stereocenters. The molecule has 0 aliphatic rings. The third kappa shape index (κ3) is 3.30. The molecular weight excluding hydrogens is 266 g/mol. The topological polar surface area (TPSA) is 41.1 Å². The monoisotopic (exact) mass is 278 g/mol. The van der Waals surface area contributed by atoms with Crippen LogP contribution in [0.5, 0.6) is 0 Å². The van der Waals surface area contributed by atoms with Crippen LogP contribution in [0.15, 0.2) is 12.7 Å². The van der Waals surface area contributed by atoms with E-state index in [0.29, 0.717) is 6.92 Å². The maximum absolute atomic E-state index is 12.6. The summed E-state index contributed by atoms with van der Waals surface area (Å²) in [7, 11) is 0. The van der Waals surface area contributed by atoms with Crippen LogP contribution in [0.1, 0.15) is 13.3 Å². The number of alkyl halides is 6. The molecule has 0 unspecified atom stereocenters. The molecule has 0 rings (SSSR count). The van der Waals surface area contributed by atoms with Gasteiger partial charge in [0, 0.05) is 6.54 Å². The van der Waals surface area contributed by atoms with Crippen molar-refractivity contribution in [2.24, 2.45) is 0 Å². The highest BCUT2D eigenvalue weighted by molar-refractivity contribution is 5.75. The maximum Gasteiger partial charge on any atom is 0.420 e. The summed E-state index contributed by atoms with van der Waals surface area (Å²) in [6.45, 7) is 3.60. The summed E-state index contributed by atoms with van der Waals surface area (Å²) in [5.41, 5.74) is -4.26. The molecule has 0 fully saturated rings. The molecule has 2 N–H and O–H groups in total. The highest BCUT2D eigenvalue weighted by Gasteiger charge is 2.70. The Bertz CT molecular complexity index is 295. The molecule has 0 radical (unpaired) electrons. The minimum absolute atomic E-state index is 0.249. The van der Waals surface area contributed by atoms with Gasteiger partial charge < -0.3 is 10.6 Å². The number of carbonyl (C=O) groups excluding carboxylic acids is 1. The fourth-order valence-corrected chi connectivity index (χ4v) is 1.19. The summed E-state index contributed by atoms with van der Waals surface area (Å²) in [6, 6.07) is -1.56. The van der Waals surface area contributed by atoms with Crippen molar-refractivity contribution >= 4 is 6.03 Å². The molecule has 0 bridgehead atoms. The quantitative estimate of drug-likeness (QED) is 0.602. The van der Waals surface area contributed by atoms with Crippen molar-refractivity contribution in [2.75, 3.05) is 6.54 Å². The largest absolute Gasteiger partial charge is 0.420 e. The Hall–Kier alpha value is -1.41. The molecule has 0 aromatic heterocycles. The molecule has 0 saturated carbocycles. The Labute approximate surface area is 99.2 Å². The predicted molar refractivity (Wildman–Crippen MR) is 51.9 cm³/mol. The highest BCUT2D eigenvalue weighted by atomic mass is 19.4. The maximum atomic E-state index is 12.6. The van der Waals surface area contributed by atoms with Gasteiger partial charge in [-0.05, 0) is 6.42 Å². The van der Waals surface area contributed by atoms with Gasteiger partial charge in [0.25, 0.3) is 0 Å². The van der Waals surface area contributed by atoms with Gasteiger partial charge in [0.1, 0.15) is 0 Å². The number of hydrogen-bond donors (Lipinski definition) is 2. The minimum Gasteiger partial charge on any atom is -0.335 e. The Morgan fingerprint density at radius 2 is 1.61 bits per heavy atom. The van der Waals surface area contributed by atoms with Gasteiger partial charge in [-0.2, -0.15) is 26.3 Å². The number of nitrogens with one attached hydrogen (secondary N) is 2. The van der Waals surface area contributed by atoms with E-state index in [2.05, 4.69) is 6.58 Å². The molecule has 2 amide bonds. The van der Waals surface area contributed by atoms with E-state index in [4.69, 9.17) is 0 Å². The lowest BCUT2D eigenvalue weighted by molar-refractivity contribution is -0.304. The average molecular weight is 278 g/mol. The standard InChI is InChI=1S/C9H12F6N2O/c1-3-5-16-6(18)17-7(4-2,8(10,11)12)9(13,14)15/h3H,1,4-5H2,2H3,(H2,16,17,18). The second-order valence-corrected chi connectivity index (χ2v) is 3.38. The number of carbonyl (C=O) groups is 1. The summed E-state index contributed by atoms with van der Waals surface area (Å²) in [6.07, 6.45) is -11.5. The van der Waals surface area contributed by atoms with Crippen LogP contribution in [0, 0.1) is 0 Å². The fourth-order valence-electron chi connectivity index (χ4n) is 1.19. The summed E-state index contributed by atoms with van der Waals surface area (Å²) in [5.74, 6) is 0. The lowest BCUT2D eigenvalue weighted by Crippen LogP contribution is -2.68. The Balaban J connectivity index is 5.24. The zero-order valence-corrected chi connectivity index (χ0v) is 9.37. The molecule has 106 valence electrons. The first-order valence-corrected chi connectivity index (χ1v) is 4.82. The van der Waals surface area contributed by atoms with E-state index in [1.165, 1.54) is 0 Å². The predicted octanol–water partition coefficient (Wildman–Crippen LogP) is 2.75. The zero-order chi connectivity index (χ0) is 14.6. The van der Waals surface area contributed by atoms with E-state index in [9.17, 15) is 31.1 Å². The van der Waals surface area contributed by atoms with Gasteiger partial charge in [-0.3, -0.25) is 0 Å². The van der Waals surface area contributed by atoms with Gasteiger partial charge >= 0.3 is 18.4 Å². The molecule has 0 aliphatic heterocycles. The van der Waals surface area contributed by atoms with E-state index >= 15 is 0 Å². The van der Waals surface area contributed by atoms with Gasteiger partial charge in [-0.25, -0.2) is 4.79 Å². The van der Waals surface area contributed by atoms with Crippen molar-refractivity contribution in [1.29, 1.82) is 0 Å². The fraction of sp³-hybridized carbons (Fsp3) is 0.667. The van der Waals surface area contributed by atoms with Gasteiger partial charge in [-0.1, -0.05) is 13.0 Å². The van der Waals surface area contributed by atoms with E-state index < -0.39 is 30.3 Å². The van der Waals surface area contributed by atoms with E-state index in [-0.39, 0.29) is 6.54 Å². The molecule has 3 nitrogen and oxygen atoms in total. The third-order valence-corrected chi connectivity index (χ3v) is 2.23. The lowest BCUT2D eigenvalue weighted by Gasteiger charge is -2.36. The van der Waals surface area contributed by atoms with Crippen molar-refractivity contribution < 1.29 is 31.1 Å². The molecule has 18 heavy (non-hydrogen) atoms. The minimum atomic E-state index is -5.65. The third-order valence-electron chi connectivity index (χ3n) is 2.23. The summed E-state index contributed by atoms with van der Waals surface area (Å²) >= 11 is 0. The summed E-state index contributed by atoms with van der Waals surface area (Å²) in [4.78, 5) is 11.0. The van der Waals surface area contributed by atoms with Crippen LogP contribution >= 0.6 is 0 Å². The van der Waals surface area contributed by atoms with E-state index in [1.54, 1.807) is 5.32 Å². The molecule has 0 aromatic rings. The molecule has 0 saturated heterocycles. The first-order valence-electron chi connectivity index (χ1n) is 4.82. The SMILES string of the molecule is C=CCNC(=O)NC(CC)(C(F)(F)F)C(F)(F)F. The van der Waals surface area contributed by atoms with Crippen LogP contribution < -0.4 is 10.6 Å². The van der Waals surface area contributed by atoms with Crippen molar-refractivity contribution in [3.63, 3.8) is 0 Å². The zero-order valence-electron chi connectivity index (χ0n) is 9.37. The number of halogens is 6. The van der Waals surface area contributed by atoms with E-state index in [0.717, 1.165) is 11.4 Å². The van der Waals surface area contributed by atoms with Crippen LogP contribution in [0.3, 0.4) is 0 Å². The smallest absolute Gasteiger partial charge is 0.335 e. The molecule has 0 heterocycles.